The standard InChI is InChI=1S/C16H21NO3S/c18-15(17-10-8-13(9-11-17)16(19)20)7-4-12-21-14-5-2-1-3-6-14/h1-3,5-6,13H,4,7-12H2,(H,19,20). The number of aliphatic carboxylic acids is 1. The highest BCUT2D eigenvalue weighted by molar-refractivity contribution is 7.99. The quantitative estimate of drug-likeness (QED) is 0.648. The first-order chi connectivity index (χ1) is 10.2. The zero-order valence-corrected chi connectivity index (χ0v) is 12.8. The molecular formula is C16H21NO3S. The predicted octanol–water partition coefficient (Wildman–Crippen LogP) is 2.88. The van der Waals surface area contributed by atoms with E-state index in [9.17, 15) is 9.59 Å². The van der Waals surface area contributed by atoms with Gasteiger partial charge in [0.05, 0.1) is 5.92 Å². The number of carboxylic acids is 1. The van der Waals surface area contributed by atoms with Crippen molar-refractivity contribution < 1.29 is 14.7 Å². The highest BCUT2D eigenvalue weighted by Crippen LogP contribution is 2.20. The molecule has 1 aromatic rings. The Labute approximate surface area is 129 Å². The third kappa shape index (κ3) is 5.08. The van der Waals surface area contributed by atoms with Gasteiger partial charge in [-0.15, -0.1) is 11.8 Å². The van der Waals surface area contributed by atoms with Gasteiger partial charge in [-0.2, -0.15) is 0 Å². The van der Waals surface area contributed by atoms with Crippen LogP contribution in [0.15, 0.2) is 35.2 Å². The van der Waals surface area contributed by atoms with Crippen LogP contribution in [-0.2, 0) is 9.59 Å². The smallest absolute Gasteiger partial charge is 0.306 e. The van der Waals surface area contributed by atoms with Gasteiger partial charge in [0, 0.05) is 24.4 Å². The number of carbonyl (C=O) groups excluding carboxylic acids is 1. The van der Waals surface area contributed by atoms with Crippen LogP contribution in [-0.4, -0.2) is 40.7 Å². The Bertz CT molecular complexity index is 470. The topological polar surface area (TPSA) is 57.6 Å². The number of rotatable bonds is 6. The van der Waals surface area contributed by atoms with Crippen LogP contribution in [0.3, 0.4) is 0 Å². The van der Waals surface area contributed by atoms with Crippen molar-refractivity contribution >= 4 is 23.6 Å². The number of carboxylic acid groups (broad SMARTS) is 1. The van der Waals surface area contributed by atoms with Crippen molar-refractivity contribution in [3.05, 3.63) is 30.3 Å². The summed E-state index contributed by atoms with van der Waals surface area (Å²) in [6, 6.07) is 10.2. The molecule has 0 saturated carbocycles. The van der Waals surface area contributed by atoms with Gasteiger partial charge in [-0.1, -0.05) is 18.2 Å². The molecule has 5 heteroatoms. The van der Waals surface area contributed by atoms with Gasteiger partial charge in [0.25, 0.3) is 0 Å². The first kappa shape index (κ1) is 15.9. The lowest BCUT2D eigenvalue weighted by Gasteiger charge is -2.30. The molecule has 4 nitrogen and oxygen atoms in total. The maximum absolute atomic E-state index is 12.1. The van der Waals surface area contributed by atoms with Crippen molar-refractivity contribution in [2.45, 2.75) is 30.6 Å². The number of amides is 1. The van der Waals surface area contributed by atoms with Gasteiger partial charge in [0.15, 0.2) is 0 Å². The van der Waals surface area contributed by atoms with Crippen molar-refractivity contribution in [2.75, 3.05) is 18.8 Å². The molecule has 1 aromatic carbocycles. The van der Waals surface area contributed by atoms with Crippen LogP contribution in [0.2, 0.25) is 0 Å². The van der Waals surface area contributed by atoms with E-state index in [1.807, 2.05) is 23.1 Å². The fourth-order valence-electron chi connectivity index (χ4n) is 2.46. The normalized spacial score (nSPS) is 15.9. The van der Waals surface area contributed by atoms with Gasteiger partial charge in [-0.3, -0.25) is 9.59 Å². The third-order valence-electron chi connectivity index (χ3n) is 3.74. The Balaban J connectivity index is 1.63. The number of carbonyl (C=O) groups is 2. The molecule has 1 saturated heterocycles. The minimum atomic E-state index is -0.735. The SMILES string of the molecule is O=C(O)C1CCN(C(=O)CCCSc2ccccc2)CC1. The minimum absolute atomic E-state index is 0.160. The van der Waals surface area contributed by atoms with E-state index in [4.69, 9.17) is 5.11 Å². The number of benzene rings is 1. The van der Waals surface area contributed by atoms with E-state index in [1.54, 1.807) is 11.8 Å². The molecule has 1 fully saturated rings. The molecule has 0 atom stereocenters. The molecule has 0 aliphatic carbocycles. The monoisotopic (exact) mass is 307 g/mol. The van der Waals surface area contributed by atoms with Gasteiger partial charge in [0.1, 0.15) is 0 Å². The van der Waals surface area contributed by atoms with Crippen LogP contribution < -0.4 is 0 Å². The van der Waals surface area contributed by atoms with Crippen LogP contribution in [0.5, 0.6) is 0 Å². The lowest BCUT2D eigenvalue weighted by Crippen LogP contribution is -2.40. The van der Waals surface area contributed by atoms with Crippen molar-refractivity contribution in [2.24, 2.45) is 5.92 Å². The summed E-state index contributed by atoms with van der Waals surface area (Å²) in [6.45, 7) is 1.17. The summed E-state index contributed by atoms with van der Waals surface area (Å²) in [5, 5.41) is 8.94. The molecule has 2 rings (SSSR count). The third-order valence-corrected chi connectivity index (χ3v) is 4.84. The van der Waals surface area contributed by atoms with E-state index in [0.717, 1.165) is 12.2 Å². The number of hydrogen-bond acceptors (Lipinski definition) is 3. The second kappa shape index (κ2) is 8.08. The summed E-state index contributed by atoms with van der Waals surface area (Å²) >= 11 is 1.76. The number of hydrogen-bond donors (Lipinski definition) is 1. The van der Waals surface area contributed by atoms with E-state index in [2.05, 4.69) is 12.1 Å². The zero-order valence-electron chi connectivity index (χ0n) is 12.0. The maximum Gasteiger partial charge on any atom is 0.306 e. The maximum atomic E-state index is 12.1. The van der Waals surface area contributed by atoms with E-state index < -0.39 is 5.97 Å². The predicted molar refractivity (Wildman–Crippen MR) is 83.3 cm³/mol. The van der Waals surface area contributed by atoms with Crippen LogP contribution in [0.1, 0.15) is 25.7 Å². The summed E-state index contributed by atoms with van der Waals surface area (Å²) < 4.78 is 0. The van der Waals surface area contributed by atoms with Gasteiger partial charge in [0.2, 0.25) is 5.91 Å². The molecule has 0 radical (unpaired) electrons. The average molecular weight is 307 g/mol. The van der Waals surface area contributed by atoms with Gasteiger partial charge >= 0.3 is 5.97 Å². The fraction of sp³-hybridized carbons (Fsp3) is 0.500. The zero-order chi connectivity index (χ0) is 15.1. The van der Waals surface area contributed by atoms with Crippen LogP contribution in [0.25, 0.3) is 0 Å². The molecule has 0 spiro atoms. The number of likely N-dealkylation sites (tertiary alicyclic amines) is 1. The molecular weight excluding hydrogens is 286 g/mol. The molecule has 1 heterocycles. The largest absolute Gasteiger partial charge is 0.481 e. The molecule has 21 heavy (non-hydrogen) atoms. The van der Waals surface area contributed by atoms with Crippen molar-refractivity contribution in [1.82, 2.24) is 4.90 Å². The van der Waals surface area contributed by atoms with E-state index >= 15 is 0 Å². The molecule has 0 bridgehead atoms. The van der Waals surface area contributed by atoms with E-state index in [0.29, 0.717) is 32.4 Å². The minimum Gasteiger partial charge on any atom is -0.481 e. The van der Waals surface area contributed by atoms with Gasteiger partial charge in [-0.05, 0) is 37.1 Å². The Morgan fingerprint density at radius 1 is 1.19 bits per heavy atom. The summed E-state index contributed by atoms with van der Waals surface area (Å²) in [6.07, 6.45) is 2.58. The van der Waals surface area contributed by atoms with Crippen LogP contribution in [0.4, 0.5) is 0 Å². The second-order valence-corrected chi connectivity index (χ2v) is 6.43. The van der Waals surface area contributed by atoms with Gasteiger partial charge in [-0.25, -0.2) is 0 Å². The van der Waals surface area contributed by atoms with Crippen molar-refractivity contribution in [1.29, 1.82) is 0 Å². The Morgan fingerprint density at radius 3 is 2.48 bits per heavy atom. The van der Waals surface area contributed by atoms with Crippen molar-refractivity contribution in [3.63, 3.8) is 0 Å². The number of nitrogens with zero attached hydrogens (tertiary/aromatic N) is 1. The second-order valence-electron chi connectivity index (χ2n) is 5.26. The fourth-order valence-corrected chi connectivity index (χ4v) is 3.34. The molecule has 114 valence electrons. The lowest BCUT2D eigenvalue weighted by molar-refractivity contribution is -0.145. The van der Waals surface area contributed by atoms with Crippen molar-refractivity contribution in [3.8, 4) is 0 Å². The summed E-state index contributed by atoms with van der Waals surface area (Å²) in [5.41, 5.74) is 0. The summed E-state index contributed by atoms with van der Waals surface area (Å²) in [7, 11) is 0. The summed E-state index contributed by atoms with van der Waals surface area (Å²) in [5.74, 6) is 0.0815. The summed E-state index contributed by atoms with van der Waals surface area (Å²) in [4.78, 5) is 26.0. The highest BCUT2D eigenvalue weighted by atomic mass is 32.2. The van der Waals surface area contributed by atoms with Gasteiger partial charge < -0.3 is 10.0 Å². The van der Waals surface area contributed by atoms with E-state index in [-0.39, 0.29) is 11.8 Å². The number of thioether (sulfide) groups is 1. The number of piperidine rings is 1. The molecule has 0 unspecified atom stereocenters. The molecule has 1 N–H and O–H groups in total. The van der Waals surface area contributed by atoms with E-state index in [1.165, 1.54) is 4.90 Å². The highest BCUT2D eigenvalue weighted by Gasteiger charge is 2.26. The van der Waals surface area contributed by atoms with Crippen LogP contribution >= 0.6 is 11.8 Å². The first-order valence-corrected chi connectivity index (χ1v) is 8.34. The molecule has 1 aliphatic rings. The Kier molecular flexibility index (Phi) is 6.11. The van der Waals surface area contributed by atoms with Crippen LogP contribution in [0, 0.1) is 5.92 Å². The first-order valence-electron chi connectivity index (χ1n) is 7.35. The Morgan fingerprint density at radius 2 is 1.86 bits per heavy atom. The molecule has 1 aliphatic heterocycles. The molecule has 0 aromatic heterocycles. The average Bonchev–Trinajstić information content (AvgIpc) is 2.52. The molecule has 1 amide bonds. The lowest BCUT2D eigenvalue weighted by atomic mass is 9.97. The Hall–Kier alpha value is -1.49.